The largest absolute Gasteiger partial charge is 0.399 e. The molecule has 4 heteroatoms. The van der Waals surface area contributed by atoms with Crippen LogP contribution in [-0.2, 0) is 0 Å². The lowest BCUT2D eigenvalue weighted by molar-refractivity contribution is 0.276. The Balaban J connectivity index is 0.00000144. The first kappa shape index (κ1) is 12.2. The van der Waals surface area contributed by atoms with Crippen LogP contribution < -0.4 is 11.5 Å². The summed E-state index contributed by atoms with van der Waals surface area (Å²) in [6.07, 6.45) is 0.587. The highest BCUT2D eigenvalue weighted by molar-refractivity contribution is 5.85. The third kappa shape index (κ3) is 3.63. The molecule has 1 atom stereocenters. The second kappa shape index (κ2) is 5.80. The summed E-state index contributed by atoms with van der Waals surface area (Å²) in [5, 5.41) is 8.65. The van der Waals surface area contributed by atoms with Gasteiger partial charge in [0.25, 0.3) is 0 Å². The number of aliphatic hydroxyl groups is 1. The number of nitrogen functional groups attached to an aromatic ring is 1. The van der Waals surface area contributed by atoms with Crippen molar-refractivity contribution in [3.63, 3.8) is 0 Å². The molecule has 1 rings (SSSR count). The highest BCUT2D eigenvalue weighted by Gasteiger charge is 2.03. The van der Waals surface area contributed by atoms with Crippen LogP contribution in [0.1, 0.15) is 18.0 Å². The summed E-state index contributed by atoms with van der Waals surface area (Å²) >= 11 is 0. The van der Waals surface area contributed by atoms with Gasteiger partial charge < -0.3 is 16.6 Å². The maximum absolute atomic E-state index is 8.65. The quantitative estimate of drug-likeness (QED) is 0.643. The Labute approximate surface area is 84.2 Å². The van der Waals surface area contributed by atoms with Gasteiger partial charge in [-0.1, -0.05) is 12.1 Å². The van der Waals surface area contributed by atoms with Crippen LogP contribution in [0, 0.1) is 0 Å². The summed E-state index contributed by atoms with van der Waals surface area (Å²) < 4.78 is 0. The molecule has 1 aromatic carbocycles. The Kier molecular flexibility index (Phi) is 5.46. The molecule has 0 amide bonds. The lowest BCUT2D eigenvalue weighted by Gasteiger charge is -2.09. The van der Waals surface area contributed by atoms with Crippen molar-refractivity contribution in [2.24, 2.45) is 5.73 Å². The number of halogens is 1. The average Bonchev–Trinajstić information content (AvgIpc) is 2.06. The maximum atomic E-state index is 8.65. The number of hydrogen-bond donors (Lipinski definition) is 3. The fraction of sp³-hybridized carbons (Fsp3) is 0.333. The van der Waals surface area contributed by atoms with Crippen molar-refractivity contribution in [3.05, 3.63) is 29.8 Å². The molecule has 5 N–H and O–H groups in total. The molecule has 13 heavy (non-hydrogen) atoms. The summed E-state index contributed by atoms with van der Waals surface area (Å²) in [6.45, 7) is 0.117. The summed E-state index contributed by atoms with van der Waals surface area (Å²) in [5.41, 5.74) is 13.0. The van der Waals surface area contributed by atoms with Gasteiger partial charge in [-0.2, -0.15) is 0 Å². The Hall–Kier alpha value is -0.770. The van der Waals surface area contributed by atoms with Crippen molar-refractivity contribution < 1.29 is 5.11 Å². The van der Waals surface area contributed by atoms with Gasteiger partial charge in [0.15, 0.2) is 0 Å². The molecule has 1 unspecified atom stereocenters. The van der Waals surface area contributed by atoms with Gasteiger partial charge in [0.1, 0.15) is 0 Å². The van der Waals surface area contributed by atoms with Gasteiger partial charge in [0.2, 0.25) is 0 Å². The van der Waals surface area contributed by atoms with Gasteiger partial charge in [-0.15, -0.1) is 12.4 Å². The molecule has 0 aromatic heterocycles. The van der Waals surface area contributed by atoms with Gasteiger partial charge in [0, 0.05) is 18.3 Å². The Morgan fingerprint density at radius 2 is 1.77 bits per heavy atom. The maximum Gasteiger partial charge on any atom is 0.0449 e. The van der Waals surface area contributed by atoms with Crippen LogP contribution in [0.25, 0.3) is 0 Å². The zero-order valence-electron chi connectivity index (χ0n) is 7.31. The molecule has 1 aromatic rings. The minimum Gasteiger partial charge on any atom is -0.399 e. The number of aliphatic hydroxyl groups excluding tert-OH is 1. The number of benzene rings is 1. The van der Waals surface area contributed by atoms with Crippen LogP contribution in [0.2, 0.25) is 0 Å². The van der Waals surface area contributed by atoms with Crippen molar-refractivity contribution in [2.45, 2.75) is 12.5 Å². The van der Waals surface area contributed by atoms with Crippen LogP contribution in [-0.4, -0.2) is 11.7 Å². The molecular weight excluding hydrogens is 188 g/mol. The zero-order chi connectivity index (χ0) is 8.97. The van der Waals surface area contributed by atoms with E-state index in [1.165, 1.54) is 0 Å². The molecule has 0 aliphatic carbocycles. The van der Waals surface area contributed by atoms with E-state index in [0.29, 0.717) is 6.42 Å². The van der Waals surface area contributed by atoms with Crippen LogP contribution >= 0.6 is 12.4 Å². The third-order valence-electron chi connectivity index (χ3n) is 1.80. The summed E-state index contributed by atoms with van der Waals surface area (Å²) in [4.78, 5) is 0. The van der Waals surface area contributed by atoms with Crippen molar-refractivity contribution in [2.75, 3.05) is 12.3 Å². The summed E-state index contributed by atoms with van der Waals surface area (Å²) in [5.74, 6) is 0. The second-order valence-electron chi connectivity index (χ2n) is 2.79. The number of hydrogen-bond acceptors (Lipinski definition) is 3. The predicted molar refractivity (Wildman–Crippen MR) is 56.7 cm³/mol. The molecule has 0 bridgehead atoms. The smallest absolute Gasteiger partial charge is 0.0449 e. The van der Waals surface area contributed by atoms with E-state index in [-0.39, 0.29) is 25.1 Å². The minimum absolute atomic E-state index is 0. The Bertz CT molecular complexity index is 238. The molecule has 0 heterocycles. The summed E-state index contributed by atoms with van der Waals surface area (Å²) in [7, 11) is 0. The standard InChI is InChI=1S/C9H14N2O.ClH/c10-8-3-1-7(2-4-8)9(11)5-6-12;/h1-4,9,12H,5-6,10-11H2;1H. The average molecular weight is 203 g/mol. The van der Waals surface area contributed by atoms with E-state index in [4.69, 9.17) is 16.6 Å². The van der Waals surface area contributed by atoms with Gasteiger partial charge in [-0.25, -0.2) is 0 Å². The topological polar surface area (TPSA) is 72.3 Å². The van der Waals surface area contributed by atoms with E-state index in [9.17, 15) is 0 Å². The fourth-order valence-corrected chi connectivity index (χ4v) is 1.05. The van der Waals surface area contributed by atoms with E-state index >= 15 is 0 Å². The normalized spacial score (nSPS) is 11.8. The molecule has 0 aliphatic rings. The van der Waals surface area contributed by atoms with Crippen molar-refractivity contribution in [1.29, 1.82) is 0 Å². The predicted octanol–water partition coefficient (Wildman–Crippen LogP) is 1.07. The molecule has 0 fully saturated rings. The van der Waals surface area contributed by atoms with E-state index in [2.05, 4.69) is 0 Å². The minimum atomic E-state index is -0.0874. The van der Waals surface area contributed by atoms with Gasteiger partial charge in [0.05, 0.1) is 0 Å². The third-order valence-corrected chi connectivity index (χ3v) is 1.80. The van der Waals surface area contributed by atoms with Crippen molar-refractivity contribution in [1.82, 2.24) is 0 Å². The van der Waals surface area contributed by atoms with Gasteiger partial charge in [-0.3, -0.25) is 0 Å². The first-order valence-corrected chi connectivity index (χ1v) is 3.96. The lowest BCUT2D eigenvalue weighted by Crippen LogP contribution is -2.11. The molecule has 74 valence electrons. The molecule has 0 saturated heterocycles. The van der Waals surface area contributed by atoms with Crippen molar-refractivity contribution in [3.8, 4) is 0 Å². The van der Waals surface area contributed by atoms with E-state index < -0.39 is 0 Å². The van der Waals surface area contributed by atoms with Crippen molar-refractivity contribution >= 4 is 18.1 Å². The molecule has 0 saturated carbocycles. The molecule has 0 radical (unpaired) electrons. The van der Waals surface area contributed by atoms with E-state index in [1.807, 2.05) is 24.3 Å². The highest BCUT2D eigenvalue weighted by Crippen LogP contribution is 2.14. The van der Waals surface area contributed by atoms with Crippen LogP contribution in [0.15, 0.2) is 24.3 Å². The van der Waals surface area contributed by atoms with Crippen LogP contribution in [0.3, 0.4) is 0 Å². The number of anilines is 1. The zero-order valence-corrected chi connectivity index (χ0v) is 8.13. The first-order chi connectivity index (χ1) is 5.74. The number of rotatable bonds is 3. The number of nitrogens with two attached hydrogens (primary N) is 2. The Morgan fingerprint density at radius 1 is 1.23 bits per heavy atom. The molecule has 3 nitrogen and oxygen atoms in total. The fourth-order valence-electron chi connectivity index (χ4n) is 1.05. The van der Waals surface area contributed by atoms with E-state index in [1.54, 1.807) is 0 Å². The molecular formula is C9H15ClN2O. The van der Waals surface area contributed by atoms with E-state index in [0.717, 1.165) is 11.3 Å². The highest BCUT2D eigenvalue weighted by atomic mass is 35.5. The first-order valence-electron chi connectivity index (χ1n) is 3.96. The lowest BCUT2D eigenvalue weighted by atomic mass is 10.1. The second-order valence-corrected chi connectivity index (χ2v) is 2.79. The Morgan fingerprint density at radius 3 is 2.23 bits per heavy atom. The molecule has 0 aliphatic heterocycles. The molecule has 0 spiro atoms. The van der Waals surface area contributed by atoms with Crippen LogP contribution in [0.4, 0.5) is 5.69 Å². The SMILES string of the molecule is Cl.Nc1ccc(C(N)CCO)cc1. The monoisotopic (exact) mass is 202 g/mol. The van der Waals surface area contributed by atoms with Gasteiger partial charge in [-0.05, 0) is 24.1 Å². The van der Waals surface area contributed by atoms with Crippen LogP contribution in [0.5, 0.6) is 0 Å². The van der Waals surface area contributed by atoms with Gasteiger partial charge >= 0.3 is 0 Å². The summed E-state index contributed by atoms with van der Waals surface area (Å²) in [6, 6.07) is 7.31.